The lowest BCUT2D eigenvalue weighted by Crippen LogP contribution is -2.51. The quantitative estimate of drug-likeness (QED) is 0.855. The van der Waals surface area contributed by atoms with Gasteiger partial charge in [-0.15, -0.1) is 0 Å². The van der Waals surface area contributed by atoms with Crippen LogP contribution in [0.15, 0.2) is 24.3 Å². The number of phenols is 1. The van der Waals surface area contributed by atoms with E-state index in [1.54, 1.807) is 18.2 Å². The van der Waals surface area contributed by atoms with E-state index in [2.05, 4.69) is 5.32 Å². The van der Waals surface area contributed by atoms with Crippen LogP contribution in [0.5, 0.6) is 5.75 Å². The molecule has 1 heterocycles. The molecule has 2 atom stereocenters. The number of amides is 1. The van der Waals surface area contributed by atoms with E-state index in [1.165, 1.54) is 0 Å². The minimum atomic E-state index is -0.304. The molecule has 0 aromatic heterocycles. The van der Waals surface area contributed by atoms with Gasteiger partial charge in [0.05, 0.1) is 18.1 Å². The van der Waals surface area contributed by atoms with Gasteiger partial charge in [0, 0.05) is 12.2 Å². The molecule has 4 nitrogen and oxygen atoms in total. The number of carbonyl (C=O) groups excluding carboxylic acids is 1. The fourth-order valence-electron chi connectivity index (χ4n) is 2.20. The number of hydrogen-bond acceptors (Lipinski definition) is 3. The zero-order chi connectivity index (χ0) is 13.2. The van der Waals surface area contributed by atoms with Gasteiger partial charge in [-0.25, -0.2) is 0 Å². The highest BCUT2D eigenvalue weighted by Gasteiger charge is 2.38. The maximum Gasteiger partial charge on any atom is 0.225 e. The summed E-state index contributed by atoms with van der Waals surface area (Å²) in [7, 11) is 0. The van der Waals surface area contributed by atoms with E-state index in [1.807, 2.05) is 19.9 Å². The molecule has 18 heavy (non-hydrogen) atoms. The van der Waals surface area contributed by atoms with E-state index < -0.39 is 0 Å². The molecule has 1 aromatic rings. The molecule has 4 heteroatoms. The largest absolute Gasteiger partial charge is 0.508 e. The Balaban J connectivity index is 1.99. The molecule has 1 saturated heterocycles. The fraction of sp³-hybridized carbons (Fsp3) is 0.500. The van der Waals surface area contributed by atoms with Gasteiger partial charge in [-0.05, 0) is 26.3 Å². The van der Waals surface area contributed by atoms with Gasteiger partial charge in [-0.2, -0.15) is 0 Å². The third-order valence-corrected chi connectivity index (χ3v) is 3.65. The molecule has 0 aliphatic carbocycles. The lowest BCUT2D eigenvalue weighted by atomic mass is 9.94. The van der Waals surface area contributed by atoms with Crippen molar-refractivity contribution in [1.82, 2.24) is 5.32 Å². The third kappa shape index (κ3) is 2.64. The predicted molar refractivity (Wildman–Crippen MR) is 68.4 cm³/mol. The molecule has 0 spiro atoms. The Bertz CT molecular complexity index is 446. The molecular formula is C14H19NO3. The third-order valence-electron chi connectivity index (χ3n) is 3.65. The van der Waals surface area contributed by atoms with Gasteiger partial charge >= 0.3 is 0 Å². The van der Waals surface area contributed by atoms with Crippen LogP contribution in [0.2, 0.25) is 0 Å². The molecule has 2 rings (SSSR count). The molecule has 0 bridgehead atoms. The van der Waals surface area contributed by atoms with Crippen LogP contribution >= 0.6 is 0 Å². The zero-order valence-electron chi connectivity index (χ0n) is 10.8. The van der Waals surface area contributed by atoms with Crippen molar-refractivity contribution in [2.45, 2.75) is 38.3 Å². The Labute approximate surface area is 107 Å². The van der Waals surface area contributed by atoms with Gasteiger partial charge in [0.25, 0.3) is 0 Å². The molecular weight excluding hydrogens is 230 g/mol. The minimum absolute atomic E-state index is 0.0193. The number of ether oxygens (including phenoxy) is 1. The van der Waals surface area contributed by atoms with Crippen LogP contribution in [0.25, 0.3) is 0 Å². The van der Waals surface area contributed by atoms with Gasteiger partial charge < -0.3 is 15.2 Å². The van der Waals surface area contributed by atoms with E-state index in [9.17, 15) is 9.90 Å². The van der Waals surface area contributed by atoms with E-state index >= 15 is 0 Å². The average Bonchev–Trinajstić information content (AvgIpc) is 2.62. The van der Waals surface area contributed by atoms with Gasteiger partial charge in [0.2, 0.25) is 5.91 Å². The highest BCUT2D eigenvalue weighted by molar-refractivity contribution is 5.80. The Morgan fingerprint density at radius 2 is 2.28 bits per heavy atom. The van der Waals surface area contributed by atoms with Gasteiger partial charge in [0.15, 0.2) is 0 Å². The van der Waals surface area contributed by atoms with Crippen molar-refractivity contribution in [2.24, 2.45) is 0 Å². The van der Waals surface area contributed by atoms with Crippen LogP contribution in [0.3, 0.4) is 0 Å². The first-order valence-electron chi connectivity index (χ1n) is 6.21. The number of nitrogens with one attached hydrogen (secondary N) is 1. The fourth-order valence-corrected chi connectivity index (χ4v) is 2.20. The summed E-state index contributed by atoms with van der Waals surface area (Å²) in [4.78, 5) is 12.0. The van der Waals surface area contributed by atoms with Crippen LogP contribution in [-0.2, 0) is 16.0 Å². The first-order valence-corrected chi connectivity index (χ1v) is 6.21. The number of phenolic OH excluding ortho intramolecular Hbond substituents is 1. The molecule has 1 aromatic carbocycles. The molecule has 0 radical (unpaired) electrons. The highest BCUT2D eigenvalue weighted by atomic mass is 16.5. The summed E-state index contributed by atoms with van der Waals surface area (Å²) in [5.74, 6) is 0.0740. The monoisotopic (exact) mass is 249 g/mol. The summed E-state index contributed by atoms with van der Waals surface area (Å²) < 4.78 is 5.48. The van der Waals surface area contributed by atoms with Crippen LogP contribution < -0.4 is 5.32 Å². The second-order valence-corrected chi connectivity index (χ2v) is 5.03. The van der Waals surface area contributed by atoms with Crippen molar-refractivity contribution in [3.8, 4) is 5.75 Å². The van der Waals surface area contributed by atoms with Crippen LogP contribution in [0, 0.1) is 0 Å². The van der Waals surface area contributed by atoms with E-state index in [-0.39, 0.29) is 29.7 Å². The Morgan fingerprint density at radius 3 is 2.89 bits per heavy atom. The summed E-state index contributed by atoms with van der Waals surface area (Å²) in [5, 5.41) is 12.6. The predicted octanol–water partition coefficient (Wildman–Crippen LogP) is 1.62. The molecule has 2 N–H and O–H groups in total. The standard InChI is InChI=1S/C14H19NO3/c1-10-14(2,7-8-18-10)15-13(17)9-11-5-3-4-6-12(11)16/h3-6,10,16H,7-9H2,1-2H3,(H,15,17). The zero-order valence-corrected chi connectivity index (χ0v) is 10.8. The topological polar surface area (TPSA) is 58.6 Å². The number of para-hydroxylation sites is 1. The molecule has 1 aliphatic rings. The van der Waals surface area contributed by atoms with Crippen molar-refractivity contribution in [3.63, 3.8) is 0 Å². The van der Waals surface area contributed by atoms with E-state index in [0.717, 1.165) is 6.42 Å². The number of rotatable bonds is 3. The number of benzene rings is 1. The molecule has 2 unspecified atom stereocenters. The first-order chi connectivity index (χ1) is 8.51. The summed E-state index contributed by atoms with van der Waals surface area (Å²) in [6, 6.07) is 6.90. The second-order valence-electron chi connectivity index (χ2n) is 5.03. The Hall–Kier alpha value is -1.55. The van der Waals surface area contributed by atoms with Crippen molar-refractivity contribution in [3.05, 3.63) is 29.8 Å². The maximum absolute atomic E-state index is 12.0. The molecule has 0 saturated carbocycles. The highest BCUT2D eigenvalue weighted by Crippen LogP contribution is 2.25. The molecule has 1 amide bonds. The lowest BCUT2D eigenvalue weighted by molar-refractivity contribution is -0.122. The smallest absolute Gasteiger partial charge is 0.225 e. The van der Waals surface area contributed by atoms with Crippen LogP contribution in [-0.4, -0.2) is 29.3 Å². The number of aromatic hydroxyl groups is 1. The van der Waals surface area contributed by atoms with Gasteiger partial charge in [0.1, 0.15) is 5.75 Å². The lowest BCUT2D eigenvalue weighted by Gasteiger charge is -2.28. The van der Waals surface area contributed by atoms with Crippen molar-refractivity contribution in [2.75, 3.05) is 6.61 Å². The molecule has 98 valence electrons. The Morgan fingerprint density at radius 1 is 1.56 bits per heavy atom. The SMILES string of the molecule is CC1OCCC1(C)NC(=O)Cc1ccccc1O. The van der Waals surface area contributed by atoms with E-state index in [0.29, 0.717) is 12.2 Å². The summed E-state index contributed by atoms with van der Waals surface area (Å²) in [6.45, 7) is 4.63. The van der Waals surface area contributed by atoms with Gasteiger partial charge in [-0.1, -0.05) is 18.2 Å². The molecule has 1 aliphatic heterocycles. The normalized spacial score (nSPS) is 27.1. The van der Waals surface area contributed by atoms with Gasteiger partial charge in [-0.3, -0.25) is 4.79 Å². The Kier molecular flexibility index (Phi) is 3.57. The summed E-state index contributed by atoms with van der Waals surface area (Å²) in [5.41, 5.74) is 0.340. The van der Waals surface area contributed by atoms with Crippen molar-refractivity contribution in [1.29, 1.82) is 0 Å². The average molecular weight is 249 g/mol. The number of hydrogen-bond donors (Lipinski definition) is 2. The van der Waals surface area contributed by atoms with Crippen LogP contribution in [0.4, 0.5) is 0 Å². The van der Waals surface area contributed by atoms with E-state index in [4.69, 9.17) is 4.74 Å². The molecule has 1 fully saturated rings. The summed E-state index contributed by atoms with van der Waals surface area (Å²) >= 11 is 0. The van der Waals surface area contributed by atoms with Crippen molar-refractivity contribution >= 4 is 5.91 Å². The van der Waals surface area contributed by atoms with Crippen molar-refractivity contribution < 1.29 is 14.6 Å². The van der Waals surface area contributed by atoms with Crippen LogP contribution in [0.1, 0.15) is 25.8 Å². The summed E-state index contributed by atoms with van der Waals surface area (Å²) in [6.07, 6.45) is 1.03. The first kappa shape index (κ1) is 12.9. The maximum atomic E-state index is 12.0. The number of carbonyl (C=O) groups is 1. The second kappa shape index (κ2) is 4.98. The minimum Gasteiger partial charge on any atom is -0.508 e.